The van der Waals surface area contributed by atoms with Crippen LogP contribution in [0.5, 0.6) is 0 Å². The van der Waals surface area contributed by atoms with E-state index < -0.39 is 0 Å². The van der Waals surface area contributed by atoms with Gasteiger partial charge < -0.3 is 15.8 Å². The highest BCUT2D eigenvalue weighted by molar-refractivity contribution is 5.78. The lowest BCUT2D eigenvalue weighted by Crippen LogP contribution is -2.64. The number of aliphatic imine (C=N–C) groups is 1. The van der Waals surface area contributed by atoms with E-state index in [1.807, 2.05) is 0 Å². The van der Waals surface area contributed by atoms with Crippen LogP contribution >= 0.6 is 0 Å². The number of nitrogens with one attached hydrogen (secondary N) is 1. The molecule has 0 aromatic carbocycles. The van der Waals surface area contributed by atoms with E-state index in [2.05, 4.69) is 23.8 Å². The van der Waals surface area contributed by atoms with Crippen LogP contribution in [0.3, 0.4) is 0 Å². The van der Waals surface area contributed by atoms with Crippen LogP contribution in [-0.4, -0.2) is 31.3 Å². The molecule has 4 heteroatoms. The van der Waals surface area contributed by atoms with Crippen molar-refractivity contribution in [2.75, 3.05) is 13.2 Å². The minimum atomic E-state index is 0.310. The quantitative estimate of drug-likeness (QED) is 0.445. The molecule has 0 heterocycles. The average Bonchev–Trinajstić information content (AvgIpc) is 2.87. The molecule has 4 nitrogen and oxygen atoms in total. The molecule has 102 valence electrons. The maximum absolute atomic E-state index is 5.89. The molecule has 2 atom stereocenters. The topological polar surface area (TPSA) is 59.6 Å². The smallest absolute Gasteiger partial charge is 0.189 e. The van der Waals surface area contributed by atoms with E-state index in [9.17, 15) is 0 Å². The minimum Gasteiger partial charge on any atom is -0.378 e. The fraction of sp³-hybridized carbons (Fsp3) is 0.786. The average molecular weight is 251 g/mol. The van der Waals surface area contributed by atoms with E-state index in [1.54, 1.807) is 6.08 Å². The van der Waals surface area contributed by atoms with Crippen molar-refractivity contribution in [2.45, 2.75) is 51.2 Å². The van der Waals surface area contributed by atoms with Gasteiger partial charge in [0.2, 0.25) is 0 Å². The molecule has 2 aliphatic rings. The second-order valence-electron chi connectivity index (χ2n) is 5.33. The highest BCUT2D eigenvalue weighted by Crippen LogP contribution is 2.54. The van der Waals surface area contributed by atoms with Crippen molar-refractivity contribution < 1.29 is 4.74 Å². The van der Waals surface area contributed by atoms with Crippen LogP contribution in [0.25, 0.3) is 0 Å². The van der Waals surface area contributed by atoms with Gasteiger partial charge in [-0.1, -0.05) is 18.9 Å². The highest BCUT2D eigenvalue weighted by Gasteiger charge is 2.56. The maximum Gasteiger partial charge on any atom is 0.189 e. The molecule has 0 bridgehead atoms. The van der Waals surface area contributed by atoms with E-state index >= 15 is 0 Å². The summed E-state index contributed by atoms with van der Waals surface area (Å²) >= 11 is 0. The lowest BCUT2D eigenvalue weighted by Gasteiger charge is -2.54. The number of ether oxygens (including phenoxy) is 1. The molecular formula is C14H25N3O. The molecule has 2 saturated carbocycles. The Kier molecular flexibility index (Phi) is 4.27. The van der Waals surface area contributed by atoms with Crippen molar-refractivity contribution in [3.05, 3.63) is 12.7 Å². The number of rotatable bonds is 5. The lowest BCUT2D eigenvalue weighted by molar-refractivity contribution is -0.125. The Balaban J connectivity index is 1.95. The van der Waals surface area contributed by atoms with Gasteiger partial charge in [-0.3, -0.25) is 0 Å². The van der Waals surface area contributed by atoms with E-state index in [0.29, 0.717) is 30.1 Å². The van der Waals surface area contributed by atoms with Gasteiger partial charge in [-0.15, -0.1) is 6.58 Å². The Labute approximate surface area is 110 Å². The van der Waals surface area contributed by atoms with Gasteiger partial charge in [-0.2, -0.15) is 0 Å². The molecule has 0 aromatic heterocycles. The monoisotopic (exact) mass is 251 g/mol. The van der Waals surface area contributed by atoms with Gasteiger partial charge in [-0.25, -0.2) is 4.99 Å². The van der Waals surface area contributed by atoms with Crippen molar-refractivity contribution in [3.63, 3.8) is 0 Å². The number of nitrogens with two attached hydrogens (primary N) is 1. The first-order valence-electron chi connectivity index (χ1n) is 7.02. The Morgan fingerprint density at radius 3 is 2.89 bits per heavy atom. The second kappa shape index (κ2) is 5.74. The Morgan fingerprint density at radius 2 is 2.28 bits per heavy atom. The Bertz CT molecular complexity index is 321. The summed E-state index contributed by atoms with van der Waals surface area (Å²) in [6.07, 6.45) is 8.35. The maximum atomic E-state index is 5.89. The molecule has 2 aliphatic carbocycles. The van der Waals surface area contributed by atoms with Gasteiger partial charge in [0.1, 0.15) is 0 Å². The Hall–Kier alpha value is -1.03. The zero-order valence-electron chi connectivity index (χ0n) is 11.3. The number of hydrogen-bond acceptors (Lipinski definition) is 2. The van der Waals surface area contributed by atoms with Crippen LogP contribution in [-0.2, 0) is 4.74 Å². The predicted molar refractivity (Wildman–Crippen MR) is 74.5 cm³/mol. The zero-order valence-corrected chi connectivity index (χ0v) is 11.3. The van der Waals surface area contributed by atoms with E-state index in [1.165, 1.54) is 25.7 Å². The third-order valence-electron chi connectivity index (χ3n) is 4.40. The van der Waals surface area contributed by atoms with Crippen molar-refractivity contribution in [1.82, 2.24) is 5.32 Å². The predicted octanol–water partition coefficient (Wildman–Crippen LogP) is 1.81. The van der Waals surface area contributed by atoms with Crippen molar-refractivity contribution >= 4 is 5.96 Å². The summed E-state index contributed by atoms with van der Waals surface area (Å²) in [6.45, 7) is 7.10. The van der Waals surface area contributed by atoms with Crippen LogP contribution in [0.4, 0.5) is 0 Å². The van der Waals surface area contributed by atoms with Gasteiger partial charge in [0.05, 0.1) is 12.6 Å². The first-order chi connectivity index (χ1) is 8.73. The van der Waals surface area contributed by atoms with Crippen molar-refractivity contribution in [3.8, 4) is 0 Å². The largest absolute Gasteiger partial charge is 0.378 e. The molecule has 3 N–H and O–H groups in total. The molecule has 2 rings (SSSR count). The summed E-state index contributed by atoms with van der Waals surface area (Å²) in [5.41, 5.74) is 6.20. The molecule has 0 amide bonds. The molecule has 1 spiro atoms. The molecule has 2 fully saturated rings. The van der Waals surface area contributed by atoms with Crippen molar-refractivity contribution in [1.29, 1.82) is 0 Å². The molecule has 18 heavy (non-hydrogen) atoms. The summed E-state index contributed by atoms with van der Waals surface area (Å²) in [5, 5.41) is 3.37. The number of guanidine groups is 1. The molecular weight excluding hydrogens is 226 g/mol. The van der Waals surface area contributed by atoms with Crippen molar-refractivity contribution in [2.24, 2.45) is 16.1 Å². The van der Waals surface area contributed by atoms with Crippen LogP contribution in [0.15, 0.2) is 17.6 Å². The lowest BCUT2D eigenvalue weighted by atomic mass is 9.60. The summed E-state index contributed by atoms with van der Waals surface area (Å²) in [7, 11) is 0. The summed E-state index contributed by atoms with van der Waals surface area (Å²) in [5.74, 6) is 0.543. The fourth-order valence-corrected chi connectivity index (χ4v) is 3.48. The summed E-state index contributed by atoms with van der Waals surface area (Å²) in [6, 6.07) is 0.435. The molecule has 2 unspecified atom stereocenters. The van der Waals surface area contributed by atoms with Gasteiger partial charge in [-0.05, 0) is 26.2 Å². The van der Waals surface area contributed by atoms with Gasteiger partial charge in [0.25, 0.3) is 0 Å². The summed E-state index contributed by atoms with van der Waals surface area (Å²) < 4.78 is 5.87. The SMILES string of the molecule is C=CCN=C(N)NC1CC(OCC)C12CCCC2. The summed E-state index contributed by atoms with van der Waals surface area (Å²) in [4.78, 5) is 4.21. The number of nitrogens with zero attached hydrogens (tertiary/aromatic N) is 1. The van der Waals surface area contributed by atoms with Crippen LogP contribution in [0.2, 0.25) is 0 Å². The van der Waals surface area contributed by atoms with Gasteiger partial charge >= 0.3 is 0 Å². The highest BCUT2D eigenvalue weighted by atomic mass is 16.5. The third kappa shape index (κ3) is 2.39. The van der Waals surface area contributed by atoms with E-state index in [0.717, 1.165) is 13.0 Å². The molecule has 0 aromatic rings. The first kappa shape index (κ1) is 13.4. The molecule has 0 aliphatic heterocycles. The molecule has 0 saturated heterocycles. The molecule has 0 radical (unpaired) electrons. The zero-order chi connectivity index (χ0) is 13.0. The normalized spacial score (nSPS) is 30.2. The third-order valence-corrected chi connectivity index (χ3v) is 4.40. The van der Waals surface area contributed by atoms with Gasteiger partial charge in [0.15, 0.2) is 5.96 Å². The Morgan fingerprint density at radius 1 is 1.56 bits per heavy atom. The van der Waals surface area contributed by atoms with Crippen LogP contribution in [0.1, 0.15) is 39.0 Å². The van der Waals surface area contributed by atoms with E-state index in [-0.39, 0.29) is 0 Å². The van der Waals surface area contributed by atoms with Crippen LogP contribution in [0, 0.1) is 5.41 Å². The standard InChI is InChI=1S/C14H25N3O/c1-3-9-16-13(15)17-11-10-12(18-4-2)14(11)7-5-6-8-14/h3,11-12H,1,4-10H2,2H3,(H3,15,16,17). The number of hydrogen-bond donors (Lipinski definition) is 2. The minimum absolute atomic E-state index is 0.310. The van der Waals surface area contributed by atoms with Crippen LogP contribution < -0.4 is 11.1 Å². The van der Waals surface area contributed by atoms with E-state index in [4.69, 9.17) is 10.5 Å². The first-order valence-corrected chi connectivity index (χ1v) is 7.02. The fourth-order valence-electron chi connectivity index (χ4n) is 3.48. The van der Waals surface area contributed by atoms with Gasteiger partial charge in [0, 0.05) is 18.1 Å². The second-order valence-corrected chi connectivity index (χ2v) is 5.33.